The Bertz CT molecular complexity index is 465. The Morgan fingerprint density at radius 2 is 2.17 bits per heavy atom. The lowest BCUT2D eigenvalue weighted by molar-refractivity contribution is 0.0633. The molecule has 0 aromatic heterocycles. The molecule has 2 aliphatic rings. The van der Waals surface area contributed by atoms with E-state index >= 15 is 0 Å². The van der Waals surface area contributed by atoms with Crippen molar-refractivity contribution in [1.82, 2.24) is 0 Å². The molecular weight excluding hydrogens is 236 g/mol. The molecule has 98 valence electrons. The van der Waals surface area contributed by atoms with Crippen LogP contribution in [-0.2, 0) is 11.2 Å². The number of rotatable bonds is 3. The Kier molecular flexibility index (Phi) is 2.87. The second kappa shape index (κ2) is 4.28. The maximum absolute atomic E-state index is 13.7. The number of halogens is 2. The first-order valence-corrected chi connectivity index (χ1v) is 6.42. The van der Waals surface area contributed by atoms with Crippen LogP contribution >= 0.6 is 0 Å². The lowest BCUT2D eigenvalue weighted by Gasteiger charge is -2.34. The average molecular weight is 253 g/mol. The molecule has 2 saturated heterocycles. The lowest BCUT2D eigenvalue weighted by Crippen LogP contribution is -2.41. The summed E-state index contributed by atoms with van der Waals surface area (Å²) in [6, 6.07) is 3.76. The van der Waals surface area contributed by atoms with E-state index in [4.69, 9.17) is 10.5 Å². The van der Waals surface area contributed by atoms with Gasteiger partial charge in [0, 0.05) is 18.0 Å². The van der Waals surface area contributed by atoms with Gasteiger partial charge in [0.15, 0.2) is 0 Å². The zero-order chi connectivity index (χ0) is 12.8. The number of hydrogen-bond donors (Lipinski definition) is 1. The summed E-state index contributed by atoms with van der Waals surface area (Å²) in [5, 5.41) is 0. The maximum Gasteiger partial charge on any atom is 0.129 e. The van der Waals surface area contributed by atoms with Gasteiger partial charge >= 0.3 is 0 Å². The van der Waals surface area contributed by atoms with Crippen molar-refractivity contribution in [1.29, 1.82) is 0 Å². The van der Waals surface area contributed by atoms with Crippen LogP contribution in [0.15, 0.2) is 18.2 Å². The monoisotopic (exact) mass is 253 g/mol. The van der Waals surface area contributed by atoms with Gasteiger partial charge in [0.2, 0.25) is 0 Å². The summed E-state index contributed by atoms with van der Waals surface area (Å²) < 4.78 is 32.5. The summed E-state index contributed by atoms with van der Waals surface area (Å²) in [4.78, 5) is 0. The van der Waals surface area contributed by atoms with Crippen LogP contribution in [-0.4, -0.2) is 18.8 Å². The third-order valence-electron chi connectivity index (χ3n) is 4.39. The predicted molar refractivity (Wildman–Crippen MR) is 64.1 cm³/mol. The van der Waals surface area contributed by atoms with E-state index in [0.717, 1.165) is 25.3 Å². The molecule has 2 heterocycles. The molecule has 2 aliphatic heterocycles. The molecule has 1 aromatic carbocycles. The van der Waals surface area contributed by atoms with E-state index in [1.54, 1.807) is 0 Å². The molecule has 0 aliphatic carbocycles. The molecule has 0 radical (unpaired) electrons. The van der Waals surface area contributed by atoms with E-state index in [1.165, 1.54) is 12.1 Å². The van der Waals surface area contributed by atoms with Crippen molar-refractivity contribution in [3.05, 3.63) is 35.4 Å². The van der Waals surface area contributed by atoms with Crippen molar-refractivity contribution >= 4 is 0 Å². The lowest BCUT2D eigenvalue weighted by atomic mass is 9.70. The van der Waals surface area contributed by atoms with Gasteiger partial charge in [-0.3, -0.25) is 0 Å². The summed E-state index contributed by atoms with van der Waals surface area (Å²) in [5.41, 5.74) is 6.28. The van der Waals surface area contributed by atoms with Gasteiger partial charge < -0.3 is 10.5 Å². The molecule has 3 unspecified atom stereocenters. The Morgan fingerprint density at radius 1 is 1.33 bits per heavy atom. The molecule has 0 spiro atoms. The molecule has 3 rings (SSSR count). The van der Waals surface area contributed by atoms with E-state index in [2.05, 4.69) is 0 Å². The van der Waals surface area contributed by atoms with Crippen LogP contribution < -0.4 is 5.73 Å². The van der Waals surface area contributed by atoms with Crippen molar-refractivity contribution in [3.8, 4) is 0 Å². The van der Waals surface area contributed by atoms with E-state index in [0.29, 0.717) is 18.5 Å². The summed E-state index contributed by atoms with van der Waals surface area (Å²) in [5.74, 6) is -1.02. The average Bonchev–Trinajstić information content (AvgIpc) is 2.93. The second-order valence-corrected chi connectivity index (χ2v) is 5.51. The highest BCUT2D eigenvalue weighted by Crippen LogP contribution is 2.49. The standard InChI is InChI=1S/C14H17F2NO/c15-10-2-1-9(12(16)5-10)6-14(8-17)7-11-3-4-13(14)18-11/h1-2,5,11,13H,3-4,6-8,17H2. The van der Waals surface area contributed by atoms with Gasteiger partial charge in [-0.25, -0.2) is 8.78 Å². The minimum absolute atomic E-state index is 0.136. The fourth-order valence-electron chi connectivity index (χ4n) is 3.41. The van der Waals surface area contributed by atoms with Gasteiger partial charge in [-0.1, -0.05) is 6.07 Å². The van der Waals surface area contributed by atoms with Crippen LogP contribution in [0.2, 0.25) is 0 Å². The summed E-state index contributed by atoms with van der Waals surface area (Å²) in [7, 11) is 0. The van der Waals surface area contributed by atoms with Crippen molar-refractivity contribution in [2.45, 2.75) is 37.9 Å². The zero-order valence-corrected chi connectivity index (χ0v) is 10.2. The molecule has 2 nitrogen and oxygen atoms in total. The molecular formula is C14H17F2NO. The molecule has 2 N–H and O–H groups in total. The third kappa shape index (κ3) is 1.84. The molecule has 3 atom stereocenters. The van der Waals surface area contributed by atoms with Crippen molar-refractivity contribution in [3.63, 3.8) is 0 Å². The van der Waals surface area contributed by atoms with E-state index in [-0.39, 0.29) is 17.6 Å². The number of fused-ring (bicyclic) bond motifs is 2. The Balaban J connectivity index is 1.86. The molecule has 4 heteroatoms. The van der Waals surface area contributed by atoms with Gasteiger partial charge in [-0.2, -0.15) is 0 Å². The van der Waals surface area contributed by atoms with Crippen molar-refractivity contribution in [2.24, 2.45) is 11.1 Å². The van der Waals surface area contributed by atoms with Crippen LogP contribution in [0.3, 0.4) is 0 Å². The first-order valence-electron chi connectivity index (χ1n) is 6.42. The number of nitrogens with two attached hydrogens (primary N) is 1. The number of hydrogen-bond acceptors (Lipinski definition) is 2. The van der Waals surface area contributed by atoms with Crippen LogP contribution in [0.4, 0.5) is 8.78 Å². The minimum Gasteiger partial charge on any atom is -0.374 e. The maximum atomic E-state index is 13.7. The van der Waals surface area contributed by atoms with E-state index in [9.17, 15) is 8.78 Å². The Hall–Kier alpha value is -1.00. The SMILES string of the molecule is NCC1(Cc2ccc(F)cc2F)CC2CCC1O2. The first-order chi connectivity index (χ1) is 8.63. The van der Waals surface area contributed by atoms with Crippen LogP contribution in [0.5, 0.6) is 0 Å². The second-order valence-electron chi connectivity index (χ2n) is 5.51. The van der Waals surface area contributed by atoms with Gasteiger partial charge in [-0.15, -0.1) is 0 Å². The Morgan fingerprint density at radius 3 is 2.72 bits per heavy atom. The summed E-state index contributed by atoms with van der Waals surface area (Å²) in [6.07, 6.45) is 3.93. The van der Waals surface area contributed by atoms with Crippen LogP contribution in [0.25, 0.3) is 0 Å². The van der Waals surface area contributed by atoms with Crippen molar-refractivity contribution < 1.29 is 13.5 Å². The van der Waals surface area contributed by atoms with Crippen LogP contribution in [0.1, 0.15) is 24.8 Å². The molecule has 0 amide bonds. The topological polar surface area (TPSA) is 35.2 Å². The summed E-state index contributed by atoms with van der Waals surface area (Å²) >= 11 is 0. The highest BCUT2D eigenvalue weighted by Gasteiger charge is 2.51. The molecule has 2 fully saturated rings. The molecule has 2 bridgehead atoms. The predicted octanol–water partition coefficient (Wildman–Crippen LogP) is 2.40. The Labute approximate surface area is 105 Å². The smallest absolute Gasteiger partial charge is 0.129 e. The largest absolute Gasteiger partial charge is 0.374 e. The number of ether oxygens (including phenoxy) is 1. The quantitative estimate of drug-likeness (QED) is 0.897. The van der Waals surface area contributed by atoms with Gasteiger partial charge in [0.1, 0.15) is 11.6 Å². The normalized spacial score (nSPS) is 34.2. The molecule has 1 aromatic rings. The minimum atomic E-state index is -0.540. The van der Waals surface area contributed by atoms with Gasteiger partial charge in [0.25, 0.3) is 0 Å². The molecule has 18 heavy (non-hydrogen) atoms. The highest BCUT2D eigenvalue weighted by molar-refractivity contribution is 5.22. The highest BCUT2D eigenvalue weighted by atomic mass is 19.1. The van der Waals surface area contributed by atoms with E-state index in [1.807, 2.05) is 0 Å². The van der Waals surface area contributed by atoms with Gasteiger partial charge in [0.05, 0.1) is 12.2 Å². The first kappa shape index (κ1) is 12.1. The number of benzene rings is 1. The van der Waals surface area contributed by atoms with Crippen LogP contribution in [0, 0.1) is 17.0 Å². The fraction of sp³-hybridized carbons (Fsp3) is 0.571. The summed E-state index contributed by atoms with van der Waals surface area (Å²) in [6.45, 7) is 0.491. The van der Waals surface area contributed by atoms with Gasteiger partial charge in [-0.05, 0) is 37.3 Å². The van der Waals surface area contributed by atoms with E-state index < -0.39 is 11.6 Å². The zero-order valence-electron chi connectivity index (χ0n) is 10.2. The fourth-order valence-corrected chi connectivity index (χ4v) is 3.41. The molecule has 0 saturated carbocycles. The third-order valence-corrected chi connectivity index (χ3v) is 4.39. The van der Waals surface area contributed by atoms with Crippen molar-refractivity contribution in [2.75, 3.05) is 6.54 Å².